The number of piperidine rings is 1. The zero-order chi connectivity index (χ0) is 39.5. The second-order valence-electron chi connectivity index (χ2n) is 16.8. The number of carbonyl (C=O) groups excluding carboxylic acids is 5. The van der Waals surface area contributed by atoms with Gasteiger partial charge in [0, 0.05) is 32.7 Å². The number of ketones is 1. The molecule has 3 aliphatic rings. The zero-order valence-electron chi connectivity index (χ0n) is 33.1. The molecule has 4 N–H and O–H groups in total. The van der Waals surface area contributed by atoms with E-state index in [9.17, 15) is 32.4 Å². The number of benzene rings is 1. The van der Waals surface area contributed by atoms with E-state index in [0.717, 1.165) is 17.5 Å². The van der Waals surface area contributed by atoms with Crippen molar-refractivity contribution < 1.29 is 32.4 Å². The normalized spacial score (nSPS) is 22.3. The first-order chi connectivity index (χ1) is 24.8. The van der Waals surface area contributed by atoms with Gasteiger partial charge in [-0.05, 0) is 72.3 Å². The van der Waals surface area contributed by atoms with Crippen LogP contribution in [0, 0.1) is 28.6 Å². The number of nitrogens with zero attached hydrogens (tertiary/aromatic N) is 2. The zero-order valence-corrected chi connectivity index (χ0v) is 33.9. The van der Waals surface area contributed by atoms with Crippen LogP contribution in [0.15, 0.2) is 24.3 Å². The average molecular weight is 759 g/mol. The van der Waals surface area contributed by atoms with E-state index in [2.05, 4.69) is 35.1 Å². The fraction of sp³-hybridized carbons (Fsp3) is 0.718. The van der Waals surface area contributed by atoms with Crippen LogP contribution in [0.1, 0.15) is 92.2 Å². The summed E-state index contributed by atoms with van der Waals surface area (Å²) in [5.74, 6) is -2.76. The van der Waals surface area contributed by atoms with E-state index in [-0.39, 0.29) is 41.4 Å². The largest absolute Gasteiger partial charge is 0.349 e. The minimum Gasteiger partial charge on any atom is -0.349 e. The molecule has 4 rings (SSSR count). The van der Waals surface area contributed by atoms with E-state index in [1.54, 1.807) is 11.8 Å². The highest BCUT2D eigenvalue weighted by molar-refractivity contribution is 7.89. The number of rotatable bonds is 17. The van der Waals surface area contributed by atoms with Crippen molar-refractivity contribution in [2.45, 2.75) is 118 Å². The predicted molar refractivity (Wildman–Crippen MR) is 204 cm³/mol. The molecule has 0 aromatic heterocycles. The van der Waals surface area contributed by atoms with Crippen LogP contribution in [0.3, 0.4) is 0 Å². The molecule has 53 heavy (non-hydrogen) atoms. The van der Waals surface area contributed by atoms with Gasteiger partial charge in [-0.15, -0.1) is 0 Å². The maximum atomic E-state index is 14.8. The van der Waals surface area contributed by atoms with Gasteiger partial charge >= 0.3 is 6.03 Å². The van der Waals surface area contributed by atoms with Gasteiger partial charge in [-0.25, -0.2) is 17.5 Å². The molecule has 1 heterocycles. The van der Waals surface area contributed by atoms with Gasteiger partial charge in [-0.1, -0.05) is 85.6 Å². The minimum atomic E-state index is -3.51. The minimum absolute atomic E-state index is 0.0434. The third-order valence-corrected chi connectivity index (χ3v) is 13.6. The summed E-state index contributed by atoms with van der Waals surface area (Å²) in [5, 5.41) is 11.4. The summed E-state index contributed by atoms with van der Waals surface area (Å²) in [4.78, 5) is 70.5. The van der Waals surface area contributed by atoms with E-state index in [1.807, 2.05) is 58.9 Å². The maximum absolute atomic E-state index is 14.8. The van der Waals surface area contributed by atoms with Crippen LogP contribution >= 0.6 is 0 Å². The molecular weight excluding hydrogens is 697 g/mol. The number of amides is 5. The Labute approximate surface area is 316 Å². The summed E-state index contributed by atoms with van der Waals surface area (Å²) in [6.07, 6.45) is 3.46. The van der Waals surface area contributed by atoms with E-state index in [0.29, 0.717) is 45.2 Å². The first kappa shape index (κ1) is 42.2. The highest BCUT2D eigenvalue weighted by Gasteiger charge is 2.69. The third-order valence-electron chi connectivity index (χ3n) is 11.7. The van der Waals surface area contributed by atoms with Crippen LogP contribution in [-0.4, -0.2) is 104 Å². The summed E-state index contributed by atoms with van der Waals surface area (Å²) >= 11 is 0. The third kappa shape index (κ3) is 9.59. The Kier molecular flexibility index (Phi) is 13.4. The molecule has 296 valence electrons. The van der Waals surface area contributed by atoms with Crippen LogP contribution in [0.25, 0.3) is 0 Å². The number of urea groups is 1. The van der Waals surface area contributed by atoms with Gasteiger partial charge in [0.15, 0.2) is 0 Å². The molecule has 1 saturated heterocycles. The Morgan fingerprint density at radius 3 is 2.13 bits per heavy atom. The monoisotopic (exact) mass is 758 g/mol. The number of hydrogen-bond acceptors (Lipinski definition) is 7. The topological polar surface area (TPSA) is 174 Å². The molecule has 1 aromatic rings. The first-order valence-electron chi connectivity index (χ1n) is 19.3. The van der Waals surface area contributed by atoms with Crippen molar-refractivity contribution in [1.29, 1.82) is 0 Å². The Morgan fingerprint density at radius 1 is 0.962 bits per heavy atom. The molecule has 1 aliphatic heterocycles. The number of likely N-dealkylation sites (N-methyl/N-ethyl adjacent to an activating group) is 1. The van der Waals surface area contributed by atoms with Crippen molar-refractivity contribution in [2.24, 2.45) is 28.6 Å². The lowest BCUT2D eigenvalue weighted by Crippen LogP contribution is -2.61. The van der Waals surface area contributed by atoms with E-state index in [1.165, 1.54) is 11.4 Å². The Morgan fingerprint density at radius 2 is 1.58 bits per heavy atom. The number of unbranched alkanes of at least 4 members (excludes halogenated alkanes) is 1. The van der Waals surface area contributed by atoms with Crippen LogP contribution < -0.4 is 21.3 Å². The molecule has 14 heteroatoms. The van der Waals surface area contributed by atoms with Crippen LogP contribution in [0.2, 0.25) is 0 Å². The van der Waals surface area contributed by atoms with E-state index >= 15 is 0 Å². The molecule has 5 amide bonds. The first-order valence-corrected chi connectivity index (χ1v) is 20.9. The molecule has 1 unspecified atom stereocenters. The quantitative estimate of drug-likeness (QED) is 0.177. The highest BCUT2D eigenvalue weighted by Crippen LogP contribution is 2.65. The molecule has 1 aromatic carbocycles. The summed E-state index contributed by atoms with van der Waals surface area (Å²) in [6, 6.07) is 3.84. The average Bonchev–Trinajstić information content (AvgIpc) is 3.46. The molecule has 0 bridgehead atoms. The van der Waals surface area contributed by atoms with Crippen molar-refractivity contribution in [3.63, 3.8) is 0 Å². The standard InChI is InChI=1S/C39H62N6O7S/c1-10-13-18-28(33(46)35(48)40-19-11-2)41-34(47)32-30-27(39(30,7)8)22-45(32)36(49)31(26-20-24-16-14-15-17-25(24)21-26)43-37(50)42-29(38(4,5)6)23-44(9)53(51,52)12-3/h14-17,26-32H,10-13,18-23H2,1-9H3,(H,40,48)(H,41,47)(H2,42,43,50)/t27-,28?,29+,30-,31-,32-/m0/s1. The Hall–Kier alpha value is -3.52. The maximum Gasteiger partial charge on any atom is 0.315 e. The predicted octanol–water partition coefficient (Wildman–Crippen LogP) is 3.02. The second-order valence-corrected chi connectivity index (χ2v) is 19.2. The molecule has 0 radical (unpaired) electrons. The van der Waals surface area contributed by atoms with Crippen LogP contribution in [-0.2, 0) is 42.0 Å². The molecule has 6 atom stereocenters. The van der Waals surface area contributed by atoms with Gasteiger partial charge in [-0.3, -0.25) is 19.2 Å². The molecule has 1 saturated carbocycles. The number of fused-ring (bicyclic) bond motifs is 2. The van der Waals surface area contributed by atoms with Gasteiger partial charge in [0.1, 0.15) is 12.1 Å². The van der Waals surface area contributed by atoms with E-state index in [4.69, 9.17) is 0 Å². The summed E-state index contributed by atoms with van der Waals surface area (Å²) in [5.41, 5.74) is 1.45. The van der Waals surface area contributed by atoms with Gasteiger partial charge in [0.2, 0.25) is 27.6 Å². The number of nitrogens with one attached hydrogen (secondary N) is 4. The highest BCUT2D eigenvalue weighted by atomic mass is 32.2. The van der Waals surface area contributed by atoms with Gasteiger partial charge < -0.3 is 26.2 Å². The number of Topliss-reactive ketones (excluding diaryl/α,β-unsaturated/α-hetero) is 1. The van der Waals surface area contributed by atoms with Gasteiger partial charge in [-0.2, -0.15) is 0 Å². The van der Waals surface area contributed by atoms with Crippen LogP contribution in [0.5, 0.6) is 0 Å². The SMILES string of the molecule is CCCCC(NC(=O)[C@@H]1[C@@H]2[C@H](CN1C(=O)[C@@H](NC(=O)N[C@H](CN(C)S(=O)(=O)CC)C(C)(C)C)C1Cc3ccccc3C1)C2(C)C)C(=O)C(=O)NCCC. The lowest BCUT2D eigenvalue weighted by Gasteiger charge is -2.37. The number of sulfonamides is 1. The van der Waals surface area contributed by atoms with Gasteiger partial charge in [0.25, 0.3) is 5.91 Å². The van der Waals surface area contributed by atoms with Gasteiger partial charge in [0.05, 0.1) is 11.8 Å². The molecular formula is C39H62N6O7S. The lowest BCUT2D eigenvalue weighted by molar-refractivity contribution is -0.144. The smallest absolute Gasteiger partial charge is 0.315 e. The molecule has 13 nitrogen and oxygen atoms in total. The van der Waals surface area contributed by atoms with Crippen molar-refractivity contribution in [3.8, 4) is 0 Å². The fourth-order valence-electron chi connectivity index (χ4n) is 8.09. The second kappa shape index (κ2) is 16.9. The summed E-state index contributed by atoms with van der Waals surface area (Å²) in [6.45, 7) is 16.0. The summed E-state index contributed by atoms with van der Waals surface area (Å²) in [7, 11) is -2.03. The van der Waals surface area contributed by atoms with Crippen molar-refractivity contribution in [3.05, 3.63) is 35.4 Å². The number of likely N-dealkylation sites (tertiary alicyclic amines) is 1. The van der Waals surface area contributed by atoms with Crippen molar-refractivity contribution >= 4 is 39.6 Å². The van der Waals surface area contributed by atoms with Crippen molar-refractivity contribution in [1.82, 2.24) is 30.5 Å². The van der Waals surface area contributed by atoms with Crippen LogP contribution in [0.4, 0.5) is 4.79 Å². The Bertz CT molecular complexity index is 1620. The number of hydrogen-bond donors (Lipinski definition) is 4. The lowest BCUT2D eigenvalue weighted by atomic mass is 9.86. The Balaban J connectivity index is 1.62. The molecule has 2 aliphatic carbocycles. The molecule has 2 fully saturated rings. The number of carbonyl (C=O) groups is 5. The van der Waals surface area contributed by atoms with E-state index < -0.39 is 63.2 Å². The van der Waals surface area contributed by atoms with Crippen molar-refractivity contribution in [2.75, 3.05) is 32.4 Å². The summed E-state index contributed by atoms with van der Waals surface area (Å²) < 4.78 is 26.5. The molecule has 0 spiro atoms. The fourth-order valence-corrected chi connectivity index (χ4v) is 8.90.